The third kappa shape index (κ3) is 5.89. The summed E-state index contributed by atoms with van der Waals surface area (Å²) in [6.07, 6.45) is 1.84. The number of halogens is 1. The minimum atomic E-state index is -0.291. The van der Waals surface area contributed by atoms with Gasteiger partial charge in [-0.1, -0.05) is 54.6 Å². The van der Waals surface area contributed by atoms with Crippen molar-refractivity contribution in [1.82, 2.24) is 0 Å². The molecule has 1 saturated heterocycles. The lowest BCUT2D eigenvalue weighted by Gasteiger charge is -2.16. The molecule has 5 rings (SSSR count). The molecule has 1 amide bonds. The van der Waals surface area contributed by atoms with Crippen molar-refractivity contribution in [3.05, 3.63) is 124 Å². The van der Waals surface area contributed by atoms with Crippen LogP contribution < -0.4 is 14.4 Å². The van der Waals surface area contributed by atoms with E-state index in [2.05, 4.69) is 0 Å². The molecule has 1 aliphatic heterocycles. The van der Waals surface area contributed by atoms with E-state index in [-0.39, 0.29) is 18.3 Å². The Kier molecular flexibility index (Phi) is 7.79. The highest BCUT2D eigenvalue weighted by atomic mass is 32.2. The summed E-state index contributed by atoms with van der Waals surface area (Å²) in [6.45, 7) is 4.31. The number of amides is 1. The standard InChI is InChI=1S/C32H27FN2O3S/c1-21-8-7-9-22(2)30(21)34-32-35(26-10-5-4-6-11-26)31(36)29(39-32)19-24-14-17-27(28(18-24)37-3)38-20-23-12-15-25(33)16-13-23/h4-19H,20H2,1-3H3. The fraction of sp³-hybridized carbons (Fsp3) is 0.125. The van der Waals surface area contributed by atoms with Gasteiger partial charge in [0.25, 0.3) is 5.91 Å². The van der Waals surface area contributed by atoms with Crippen LogP contribution in [0, 0.1) is 19.7 Å². The van der Waals surface area contributed by atoms with Gasteiger partial charge in [0.1, 0.15) is 12.4 Å². The highest BCUT2D eigenvalue weighted by Gasteiger charge is 2.35. The summed E-state index contributed by atoms with van der Waals surface area (Å²) < 4.78 is 24.7. The summed E-state index contributed by atoms with van der Waals surface area (Å²) in [5.74, 6) is 0.650. The topological polar surface area (TPSA) is 51.1 Å². The molecule has 39 heavy (non-hydrogen) atoms. The molecule has 1 fully saturated rings. The molecule has 4 aromatic carbocycles. The van der Waals surface area contributed by atoms with E-state index in [1.165, 1.54) is 23.9 Å². The molecule has 0 aromatic heterocycles. The Bertz CT molecular complexity index is 1550. The predicted octanol–water partition coefficient (Wildman–Crippen LogP) is 7.84. The zero-order valence-electron chi connectivity index (χ0n) is 21.9. The van der Waals surface area contributed by atoms with E-state index in [1.54, 1.807) is 30.2 Å². The first-order valence-electron chi connectivity index (χ1n) is 12.4. The summed E-state index contributed by atoms with van der Waals surface area (Å²) in [6, 6.07) is 27.2. The molecule has 0 spiro atoms. The zero-order valence-corrected chi connectivity index (χ0v) is 22.7. The quantitative estimate of drug-likeness (QED) is 0.225. The maximum atomic E-state index is 13.7. The fourth-order valence-corrected chi connectivity index (χ4v) is 5.20. The van der Waals surface area contributed by atoms with Crippen LogP contribution in [0.15, 0.2) is 101 Å². The number of thioether (sulfide) groups is 1. The predicted molar refractivity (Wildman–Crippen MR) is 156 cm³/mol. The van der Waals surface area contributed by atoms with Crippen LogP contribution in [-0.2, 0) is 11.4 Å². The number of aryl methyl sites for hydroxylation is 2. The van der Waals surface area contributed by atoms with Crippen LogP contribution in [0.25, 0.3) is 6.08 Å². The van der Waals surface area contributed by atoms with Crippen molar-refractivity contribution in [3.63, 3.8) is 0 Å². The lowest BCUT2D eigenvalue weighted by atomic mass is 10.1. The number of nitrogens with zero attached hydrogens (tertiary/aromatic N) is 2. The van der Waals surface area contributed by atoms with E-state index in [0.29, 0.717) is 21.6 Å². The number of carbonyl (C=O) groups is 1. The van der Waals surface area contributed by atoms with Crippen molar-refractivity contribution in [2.75, 3.05) is 12.0 Å². The molecule has 0 unspecified atom stereocenters. The second kappa shape index (κ2) is 11.6. The van der Waals surface area contributed by atoms with Crippen LogP contribution in [-0.4, -0.2) is 18.2 Å². The number of amidine groups is 1. The third-order valence-corrected chi connectivity index (χ3v) is 7.23. The number of benzene rings is 4. The zero-order chi connectivity index (χ0) is 27.4. The molecule has 7 heteroatoms. The summed E-state index contributed by atoms with van der Waals surface area (Å²) in [7, 11) is 1.57. The monoisotopic (exact) mass is 538 g/mol. The number of aliphatic imine (C=N–C) groups is 1. The van der Waals surface area contributed by atoms with E-state index < -0.39 is 0 Å². The van der Waals surface area contributed by atoms with Crippen molar-refractivity contribution in [2.45, 2.75) is 20.5 Å². The van der Waals surface area contributed by atoms with Crippen LogP contribution in [0.5, 0.6) is 11.5 Å². The van der Waals surface area contributed by atoms with Gasteiger partial charge < -0.3 is 9.47 Å². The molecule has 0 aliphatic carbocycles. The SMILES string of the molecule is COc1cc(C=C2SC(=Nc3c(C)cccc3C)N(c3ccccc3)C2=O)ccc1OCc1ccc(F)cc1. The van der Waals surface area contributed by atoms with Gasteiger partial charge in [-0.05, 0) is 90.3 Å². The Morgan fingerprint density at radius 3 is 2.31 bits per heavy atom. The molecule has 4 aromatic rings. The Hall–Kier alpha value is -4.36. The summed E-state index contributed by atoms with van der Waals surface area (Å²) in [5, 5.41) is 0.598. The van der Waals surface area contributed by atoms with E-state index in [9.17, 15) is 9.18 Å². The molecule has 1 heterocycles. The van der Waals surface area contributed by atoms with Crippen molar-refractivity contribution in [3.8, 4) is 11.5 Å². The Balaban J connectivity index is 1.45. The molecule has 0 radical (unpaired) electrons. The molecule has 1 aliphatic rings. The normalized spacial score (nSPS) is 15.3. The van der Waals surface area contributed by atoms with Crippen molar-refractivity contribution in [2.24, 2.45) is 4.99 Å². The van der Waals surface area contributed by atoms with Crippen molar-refractivity contribution in [1.29, 1.82) is 0 Å². The lowest BCUT2D eigenvalue weighted by molar-refractivity contribution is -0.113. The maximum absolute atomic E-state index is 13.7. The number of methoxy groups -OCH3 is 1. The fourth-order valence-electron chi connectivity index (χ4n) is 4.22. The molecule has 0 saturated carbocycles. The van der Waals surface area contributed by atoms with Gasteiger partial charge in [-0.25, -0.2) is 9.38 Å². The van der Waals surface area contributed by atoms with E-state index in [4.69, 9.17) is 14.5 Å². The largest absolute Gasteiger partial charge is 0.493 e. The van der Waals surface area contributed by atoms with E-state index >= 15 is 0 Å². The number of para-hydroxylation sites is 2. The van der Waals surface area contributed by atoms with Gasteiger partial charge in [-0.15, -0.1) is 0 Å². The molecule has 0 atom stereocenters. The average Bonchev–Trinajstić information content (AvgIpc) is 3.25. The minimum Gasteiger partial charge on any atom is -0.493 e. The van der Waals surface area contributed by atoms with Gasteiger partial charge in [0.2, 0.25) is 0 Å². The maximum Gasteiger partial charge on any atom is 0.271 e. The lowest BCUT2D eigenvalue weighted by Crippen LogP contribution is -2.28. The minimum absolute atomic E-state index is 0.146. The van der Waals surface area contributed by atoms with Gasteiger partial charge >= 0.3 is 0 Å². The first kappa shape index (κ1) is 26.3. The highest BCUT2D eigenvalue weighted by Crippen LogP contribution is 2.39. The van der Waals surface area contributed by atoms with Gasteiger partial charge in [-0.3, -0.25) is 9.69 Å². The first-order valence-corrected chi connectivity index (χ1v) is 13.2. The number of carbonyl (C=O) groups excluding carboxylic acids is 1. The number of rotatable bonds is 7. The Labute approximate surface area is 231 Å². The van der Waals surface area contributed by atoms with E-state index in [1.807, 2.05) is 80.6 Å². The first-order chi connectivity index (χ1) is 18.9. The number of anilines is 1. The van der Waals surface area contributed by atoms with E-state index in [0.717, 1.165) is 33.6 Å². The Morgan fingerprint density at radius 1 is 0.897 bits per heavy atom. The average molecular weight is 539 g/mol. The second-order valence-electron chi connectivity index (χ2n) is 9.05. The molecular weight excluding hydrogens is 511 g/mol. The number of ether oxygens (including phenoxy) is 2. The van der Waals surface area contributed by atoms with Gasteiger partial charge in [0, 0.05) is 0 Å². The molecule has 0 bridgehead atoms. The number of hydrogen-bond donors (Lipinski definition) is 0. The van der Waals surface area contributed by atoms with Gasteiger partial charge in [0.05, 0.1) is 23.4 Å². The smallest absolute Gasteiger partial charge is 0.271 e. The van der Waals surface area contributed by atoms with Crippen LogP contribution >= 0.6 is 11.8 Å². The summed E-state index contributed by atoms with van der Waals surface area (Å²) >= 11 is 1.34. The van der Waals surface area contributed by atoms with Crippen LogP contribution in [0.4, 0.5) is 15.8 Å². The van der Waals surface area contributed by atoms with Crippen molar-refractivity contribution >= 4 is 40.3 Å². The molecular formula is C32H27FN2O3S. The summed E-state index contributed by atoms with van der Waals surface area (Å²) in [4.78, 5) is 20.8. The van der Waals surface area contributed by atoms with Gasteiger partial charge in [-0.2, -0.15) is 0 Å². The van der Waals surface area contributed by atoms with Crippen LogP contribution in [0.2, 0.25) is 0 Å². The molecule has 0 N–H and O–H groups in total. The van der Waals surface area contributed by atoms with Gasteiger partial charge in [0.15, 0.2) is 16.7 Å². The third-order valence-electron chi connectivity index (χ3n) is 6.26. The second-order valence-corrected chi connectivity index (χ2v) is 10.1. The molecule has 5 nitrogen and oxygen atoms in total. The summed E-state index contributed by atoms with van der Waals surface area (Å²) in [5.41, 5.74) is 5.33. The van der Waals surface area contributed by atoms with Crippen LogP contribution in [0.3, 0.4) is 0 Å². The number of hydrogen-bond acceptors (Lipinski definition) is 5. The van der Waals surface area contributed by atoms with Crippen LogP contribution in [0.1, 0.15) is 22.3 Å². The van der Waals surface area contributed by atoms with Crippen molar-refractivity contribution < 1.29 is 18.7 Å². The molecule has 196 valence electrons. The Morgan fingerprint density at radius 2 is 1.62 bits per heavy atom. The highest BCUT2D eigenvalue weighted by molar-refractivity contribution is 8.19.